The van der Waals surface area contributed by atoms with Crippen LogP contribution in [0.3, 0.4) is 0 Å². The smallest absolute Gasteiger partial charge is 0.244 e. The zero-order valence-corrected chi connectivity index (χ0v) is 20.4. The summed E-state index contributed by atoms with van der Waals surface area (Å²) < 4.78 is 33.1. The molecule has 0 aliphatic carbocycles. The van der Waals surface area contributed by atoms with Gasteiger partial charge in [0.2, 0.25) is 21.8 Å². The Balaban J connectivity index is 1.54. The molecule has 0 spiro atoms. The lowest BCUT2D eigenvalue weighted by molar-refractivity contribution is -0.121. The van der Waals surface area contributed by atoms with E-state index in [0.717, 1.165) is 18.4 Å². The summed E-state index contributed by atoms with van der Waals surface area (Å²) in [6.07, 6.45) is 3.20. The third-order valence-corrected chi connectivity index (χ3v) is 8.43. The summed E-state index contributed by atoms with van der Waals surface area (Å²) in [4.78, 5) is 27.2. The van der Waals surface area contributed by atoms with E-state index in [1.165, 1.54) is 4.90 Å². The van der Waals surface area contributed by atoms with E-state index in [-0.39, 0.29) is 23.3 Å². The summed E-state index contributed by atoms with van der Waals surface area (Å²) in [6, 6.07) is 11.8. The number of nitrogens with one attached hydrogen (secondary N) is 1. The number of hydrogen-bond acceptors (Lipinski definition) is 5. The number of fused-ring (bicyclic) bond motifs is 1. The maximum atomic E-state index is 13.2. The number of nitrogens with zero attached hydrogens (tertiary/aromatic N) is 2. The Morgan fingerprint density at radius 2 is 1.79 bits per heavy atom. The van der Waals surface area contributed by atoms with Gasteiger partial charge in [0.05, 0.1) is 12.0 Å². The van der Waals surface area contributed by atoms with Crippen molar-refractivity contribution in [2.24, 2.45) is 5.92 Å². The van der Waals surface area contributed by atoms with Crippen LogP contribution in [-0.4, -0.2) is 51.3 Å². The molecule has 0 bridgehead atoms. The summed E-state index contributed by atoms with van der Waals surface area (Å²) in [7, 11) is -2.02. The minimum Gasteiger partial charge on any atom is -0.497 e. The van der Waals surface area contributed by atoms with E-state index in [1.54, 1.807) is 53.9 Å². The molecule has 8 nitrogen and oxygen atoms in total. The topological polar surface area (TPSA) is 96.0 Å². The maximum Gasteiger partial charge on any atom is 0.244 e. The van der Waals surface area contributed by atoms with Crippen LogP contribution in [0, 0.1) is 5.92 Å². The number of aryl methyl sites for hydroxylation is 1. The molecule has 34 heavy (non-hydrogen) atoms. The zero-order valence-electron chi connectivity index (χ0n) is 19.6. The molecule has 2 aliphatic heterocycles. The third-order valence-electron chi connectivity index (χ3n) is 6.54. The van der Waals surface area contributed by atoms with E-state index in [0.29, 0.717) is 55.4 Å². The van der Waals surface area contributed by atoms with Gasteiger partial charge in [-0.15, -0.1) is 0 Å². The number of sulfonamides is 1. The second-order valence-corrected chi connectivity index (χ2v) is 10.9. The van der Waals surface area contributed by atoms with Crippen molar-refractivity contribution in [3.05, 3.63) is 48.0 Å². The van der Waals surface area contributed by atoms with Crippen molar-refractivity contribution >= 4 is 33.2 Å². The molecule has 2 aromatic rings. The minimum atomic E-state index is -3.59. The van der Waals surface area contributed by atoms with Crippen molar-refractivity contribution in [3.63, 3.8) is 0 Å². The lowest BCUT2D eigenvalue weighted by Gasteiger charge is -2.30. The van der Waals surface area contributed by atoms with Crippen LogP contribution in [0.15, 0.2) is 47.4 Å². The fourth-order valence-electron chi connectivity index (χ4n) is 4.45. The molecule has 2 aliphatic rings. The van der Waals surface area contributed by atoms with Crippen molar-refractivity contribution in [3.8, 4) is 5.75 Å². The van der Waals surface area contributed by atoms with Crippen molar-refractivity contribution < 1.29 is 22.7 Å². The number of piperidine rings is 1. The summed E-state index contributed by atoms with van der Waals surface area (Å²) in [5.41, 5.74) is 1.97. The van der Waals surface area contributed by atoms with Crippen LogP contribution in [0.1, 0.15) is 38.2 Å². The summed E-state index contributed by atoms with van der Waals surface area (Å²) >= 11 is 0. The van der Waals surface area contributed by atoms with E-state index < -0.39 is 10.0 Å². The van der Waals surface area contributed by atoms with Gasteiger partial charge < -0.3 is 15.0 Å². The molecule has 0 atom stereocenters. The Bertz CT molecular complexity index is 1160. The van der Waals surface area contributed by atoms with E-state index in [2.05, 4.69) is 12.2 Å². The number of rotatable bonds is 6. The first-order chi connectivity index (χ1) is 16.3. The fraction of sp³-hybridized carbons (Fsp3) is 0.440. The first-order valence-corrected chi connectivity index (χ1v) is 13.1. The van der Waals surface area contributed by atoms with Gasteiger partial charge >= 0.3 is 0 Å². The molecule has 0 unspecified atom stereocenters. The van der Waals surface area contributed by atoms with E-state index in [9.17, 15) is 18.0 Å². The van der Waals surface area contributed by atoms with E-state index in [4.69, 9.17) is 4.74 Å². The highest BCUT2D eigenvalue weighted by Crippen LogP contribution is 2.31. The highest BCUT2D eigenvalue weighted by atomic mass is 32.2. The van der Waals surface area contributed by atoms with Gasteiger partial charge in [-0.25, -0.2) is 8.42 Å². The van der Waals surface area contributed by atoms with Crippen molar-refractivity contribution in [2.75, 3.05) is 37.0 Å². The molecule has 2 amide bonds. The monoisotopic (exact) mass is 485 g/mol. The quantitative estimate of drug-likeness (QED) is 0.676. The van der Waals surface area contributed by atoms with Gasteiger partial charge in [-0.2, -0.15) is 4.31 Å². The molecular weight excluding hydrogens is 454 g/mol. The number of benzene rings is 2. The van der Waals surface area contributed by atoms with Crippen LogP contribution in [-0.2, 0) is 26.0 Å². The number of ether oxygens (including phenoxy) is 1. The van der Waals surface area contributed by atoms with E-state index in [1.807, 2.05) is 0 Å². The van der Waals surface area contributed by atoms with Gasteiger partial charge in [-0.1, -0.05) is 6.92 Å². The fourth-order valence-corrected chi connectivity index (χ4v) is 5.97. The highest BCUT2D eigenvalue weighted by molar-refractivity contribution is 7.89. The first kappa shape index (κ1) is 24.2. The van der Waals surface area contributed by atoms with Crippen LogP contribution in [0.2, 0.25) is 0 Å². The second-order valence-electron chi connectivity index (χ2n) is 8.99. The Hall–Kier alpha value is -2.91. The van der Waals surface area contributed by atoms with Crippen LogP contribution >= 0.6 is 0 Å². The molecular formula is C25H31N3O5S. The lowest BCUT2D eigenvalue weighted by atomic mass is 10.0. The van der Waals surface area contributed by atoms with Crippen LogP contribution in [0.25, 0.3) is 0 Å². The molecule has 1 N–H and O–H groups in total. The van der Waals surface area contributed by atoms with Crippen LogP contribution < -0.4 is 15.0 Å². The molecule has 4 rings (SSSR count). The lowest BCUT2D eigenvalue weighted by Crippen LogP contribution is -2.38. The average Bonchev–Trinajstić information content (AvgIpc) is 2.98. The van der Waals surface area contributed by atoms with Gasteiger partial charge in [0, 0.05) is 30.9 Å². The number of anilines is 2. The molecule has 0 saturated carbocycles. The molecule has 1 saturated heterocycles. The molecule has 1 fully saturated rings. The predicted octanol–water partition coefficient (Wildman–Crippen LogP) is 3.42. The number of methoxy groups -OCH3 is 1. The first-order valence-electron chi connectivity index (χ1n) is 11.7. The van der Waals surface area contributed by atoms with Gasteiger partial charge in [0.15, 0.2) is 0 Å². The third kappa shape index (κ3) is 5.26. The molecule has 182 valence electrons. The number of carbonyl (C=O) groups excluding carboxylic acids is 2. The zero-order chi connectivity index (χ0) is 24.3. The average molecular weight is 486 g/mol. The molecule has 2 aromatic carbocycles. The summed E-state index contributed by atoms with van der Waals surface area (Å²) in [6.45, 7) is 3.05. The van der Waals surface area contributed by atoms with Crippen LogP contribution in [0.4, 0.5) is 11.4 Å². The number of amides is 2. The highest BCUT2D eigenvalue weighted by Gasteiger charge is 2.30. The van der Waals surface area contributed by atoms with Crippen LogP contribution in [0.5, 0.6) is 5.75 Å². The molecule has 2 heterocycles. The second kappa shape index (κ2) is 10.1. The van der Waals surface area contributed by atoms with Gasteiger partial charge in [-0.05, 0) is 79.6 Å². The summed E-state index contributed by atoms with van der Waals surface area (Å²) in [5, 5.41) is 2.80. The molecule has 0 aromatic heterocycles. The van der Waals surface area contributed by atoms with Crippen molar-refractivity contribution in [2.45, 2.75) is 43.9 Å². The molecule has 0 radical (unpaired) electrons. The van der Waals surface area contributed by atoms with Gasteiger partial charge in [0.1, 0.15) is 12.3 Å². The Morgan fingerprint density at radius 3 is 2.47 bits per heavy atom. The van der Waals surface area contributed by atoms with Gasteiger partial charge in [-0.3, -0.25) is 9.59 Å². The number of carbonyl (C=O) groups is 2. The molecule has 9 heteroatoms. The Labute approximate surface area is 200 Å². The normalized spacial score (nSPS) is 17.7. The van der Waals surface area contributed by atoms with Crippen molar-refractivity contribution in [1.82, 2.24) is 4.31 Å². The Kier molecular flexibility index (Phi) is 7.23. The van der Waals surface area contributed by atoms with Gasteiger partial charge in [0.25, 0.3) is 0 Å². The summed E-state index contributed by atoms with van der Waals surface area (Å²) in [5.74, 6) is 0.733. The standard InChI is InChI=1S/C25H31N3O5S/c1-18-12-14-27(15-13-18)34(31,32)22-10-11-23-19(16-22)4-3-5-25(30)28(23)17-24(29)26-20-6-8-21(33-2)9-7-20/h6-11,16,18H,3-5,12-15,17H2,1-2H3,(H,26,29). The predicted molar refractivity (Wildman–Crippen MR) is 131 cm³/mol. The largest absolute Gasteiger partial charge is 0.497 e. The minimum absolute atomic E-state index is 0.145. The SMILES string of the molecule is COc1ccc(NC(=O)CN2C(=O)CCCc3cc(S(=O)(=O)N4CCC(C)CC4)ccc32)cc1. The number of hydrogen-bond donors (Lipinski definition) is 1. The van der Waals surface area contributed by atoms with Crippen molar-refractivity contribution in [1.29, 1.82) is 0 Å². The van der Waals surface area contributed by atoms with E-state index >= 15 is 0 Å². The maximum absolute atomic E-state index is 13.2. The Morgan fingerprint density at radius 1 is 1.09 bits per heavy atom.